The number of carboxylic acid groups (broad SMARTS) is 2. The van der Waals surface area contributed by atoms with Crippen molar-refractivity contribution >= 4 is 99.2 Å². The van der Waals surface area contributed by atoms with Crippen molar-refractivity contribution in [2.24, 2.45) is 5.11 Å². The maximum Gasteiger partial charge on any atom is 0.343 e. The third-order valence-electron chi connectivity index (χ3n) is 6.54. The van der Waals surface area contributed by atoms with Gasteiger partial charge in [-0.3, -0.25) is 4.79 Å². The van der Waals surface area contributed by atoms with E-state index in [1.165, 1.54) is 36.4 Å². The zero-order valence-corrected chi connectivity index (χ0v) is 34.2. The van der Waals surface area contributed by atoms with Crippen molar-refractivity contribution in [3.05, 3.63) is 93.1 Å². The van der Waals surface area contributed by atoms with Gasteiger partial charge in [0.15, 0.2) is 11.5 Å². The fourth-order valence-electron chi connectivity index (χ4n) is 4.18. The van der Waals surface area contributed by atoms with E-state index in [0.29, 0.717) is 42.0 Å². The molecule has 0 aliphatic carbocycles. The van der Waals surface area contributed by atoms with Crippen molar-refractivity contribution in [2.75, 3.05) is 64.7 Å². The van der Waals surface area contributed by atoms with Gasteiger partial charge in [-0.05, 0) is 79.9 Å². The van der Waals surface area contributed by atoms with Crippen LogP contribution in [0.3, 0.4) is 0 Å². The number of carbonyl (C=O) groups is 5. The average molecular weight is 1010 g/mol. The molecule has 3 rings (SSSR count). The molecule has 17 nitrogen and oxygen atoms in total. The summed E-state index contributed by atoms with van der Waals surface area (Å²) in [6.45, 7) is 2.30. The predicted molar refractivity (Wildman–Crippen MR) is 204 cm³/mol. The van der Waals surface area contributed by atoms with Gasteiger partial charge in [-0.25, -0.2) is 19.2 Å². The molecule has 0 aliphatic heterocycles. The molecule has 0 unspecified atom stereocenters. The van der Waals surface area contributed by atoms with Gasteiger partial charge in [0.05, 0.1) is 79.3 Å². The molecule has 0 saturated heterocycles. The molecule has 288 valence electrons. The molecule has 0 saturated carbocycles. The summed E-state index contributed by atoms with van der Waals surface area (Å²) in [6.07, 6.45) is -0.126. The van der Waals surface area contributed by atoms with Crippen molar-refractivity contribution in [1.82, 2.24) is 0 Å². The van der Waals surface area contributed by atoms with E-state index in [0.717, 1.165) is 6.07 Å². The number of ether oxygens (including phenoxy) is 6. The summed E-state index contributed by atoms with van der Waals surface area (Å²) in [5, 5.41) is 25.3. The first-order chi connectivity index (χ1) is 25.8. The standard InChI is InChI=1S/C33H30Br4N4O13/c34-20-14-23(30(43)44)28(25(36)16-20)53-32(47)18-11-19(33(48)54-29-24(31(45)46)15-21(35)17-26(29)37)13-22(12-18)40-27(42)1-3-49-5-7-51-9-10-52-8-6-50-4-2-39-41-38/h11-17H,1-10H2,(H,40,42)(H,43,44)(H,45,46). The lowest BCUT2D eigenvalue weighted by Crippen LogP contribution is -2.19. The fraction of sp³-hybridized carbons (Fsp3) is 0.303. The van der Waals surface area contributed by atoms with Crippen molar-refractivity contribution in [3.8, 4) is 11.5 Å². The molecule has 3 aromatic rings. The Balaban J connectivity index is 1.67. The third-order valence-corrected chi connectivity index (χ3v) is 8.64. The number of azide groups is 1. The predicted octanol–water partition coefficient (Wildman–Crippen LogP) is 7.28. The highest BCUT2D eigenvalue weighted by Crippen LogP contribution is 2.35. The Labute approximate surface area is 340 Å². The summed E-state index contributed by atoms with van der Waals surface area (Å²) in [6, 6.07) is 8.87. The molecule has 0 spiro atoms. The smallest absolute Gasteiger partial charge is 0.343 e. The lowest BCUT2D eigenvalue weighted by atomic mass is 10.1. The average Bonchev–Trinajstić information content (AvgIpc) is 3.11. The maximum absolute atomic E-state index is 13.4. The topological polar surface area (TPSA) is 242 Å². The van der Waals surface area contributed by atoms with Crippen LogP contribution in [0.1, 0.15) is 47.9 Å². The normalized spacial score (nSPS) is 10.7. The number of halogens is 4. The van der Waals surface area contributed by atoms with E-state index in [1.54, 1.807) is 0 Å². The van der Waals surface area contributed by atoms with Crippen LogP contribution in [0.2, 0.25) is 0 Å². The Morgan fingerprint density at radius 1 is 0.630 bits per heavy atom. The van der Waals surface area contributed by atoms with Crippen molar-refractivity contribution in [2.45, 2.75) is 6.42 Å². The molecule has 3 N–H and O–H groups in total. The highest BCUT2D eigenvalue weighted by atomic mass is 79.9. The van der Waals surface area contributed by atoms with E-state index in [-0.39, 0.29) is 81.2 Å². The van der Waals surface area contributed by atoms with Gasteiger partial charge in [0.25, 0.3) is 0 Å². The van der Waals surface area contributed by atoms with Crippen molar-refractivity contribution in [3.63, 3.8) is 0 Å². The highest BCUT2D eigenvalue weighted by Gasteiger charge is 2.24. The first-order valence-electron chi connectivity index (χ1n) is 15.5. The van der Waals surface area contributed by atoms with Gasteiger partial charge in [-0.1, -0.05) is 37.0 Å². The fourth-order valence-corrected chi connectivity index (χ4v) is 6.80. The van der Waals surface area contributed by atoms with Crippen molar-refractivity contribution in [1.29, 1.82) is 0 Å². The molecule has 3 aromatic carbocycles. The van der Waals surface area contributed by atoms with Crippen LogP contribution < -0.4 is 14.8 Å². The molecule has 21 heteroatoms. The monoisotopic (exact) mass is 1010 g/mol. The number of carbonyl (C=O) groups excluding carboxylic acids is 3. The summed E-state index contributed by atoms with van der Waals surface area (Å²) >= 11 is 12.8. The summed E-state index contributed by atoms with van der Waals surface area (Å²) in [7, 11) is 0. The molecule has 0 aliphatic rings. The second-order valence-corrected chi connectivity index (χ2v) is 14.0. The van der Waals surface area contributed by atoms with Crippen molar-refractivity contribution < 1.29 is 62.6 Å². The van der Waals surface area contributed by atoms with Crippen LogP contribution in [0.25, 0.3) is 10.4 Å². The van der Waals surface area contributed by atoms with Crippen LogP contribution in [-0.4, -0.2) is 99.4 Å². The zero-order valence-electron chi connectivity index (χ0n) is 27.9. The van der Waals surface area contributed by atoms with Crippen LogP contribution >= 0.6 is 63.7 Å². The van der Waals surface area contributed by atoms with Gasteiger partial charge >= 0.3 is 23.9 Å². The van der Waals surface area contributed by atoms with E-state index in [9.17, 15) is 34.2 Å². The molecular weight excluding hydrogens is 980 g/mol. The Kier molecular flexibility index (Phi) is 19.0. The Morgan fingerprint density at radius 2 is 1.06 bits per heavy atom. The van der Waals surface area contributed by atoms with E-state index in [1.807, 2.05) is 0 Å². The summed E-state index contributed by atoms with van der Waals surface area (Å²) in [5.74, 6) is -6.16. The lowest BCUT2D eigenvalue weighted by Gasteiger charge is -2.14. The zero-order chi connectivity index (χ0) is 39.6. The molecule has 1 amide bonds. The van der Waals surface area contributed by atoms with Gasteiger partial charge < -0.3 is 44.0 Å². The summed E-state index contributed by atoms with van der Waals surface area (Å²) in [4.78, 5) is 66.0. The number of esters is 2. The van der Waals surface area contributed by atoms with Crippen LogP contribution in [0.15, 0.2) is 65.5 Å². The summed E-state index contributed by atoms with van der Waals surface area (Å²) in [5.41, 5.74) is 6.89. The number of amides is 1. The molecule has 54 heavy (non-hydrogen) atoms. The second-order valence-electron chi connectivity index (χ2n) is 10.4. The van der Waals surface area contributed by atoms with Gasteiger partial charge in [0.2, 0.25) is 5.91 Å². The molecule has 0 heterocycles. The van der Waals surface area contributed by atoms with E-state index >= 15 is 0 Å². The number of carboxylic acids is 2. The number of aromatic carboxylic acids is 2. The largest absolute Gasteiger partial charge is 0.478 e. The summed E-state index contributed by atoms with van der Waals surface area (Å²) < 4.78 is 33.3. The number of hydrogen-bond donors (Lipinski definition) is 3. The first kappa shape index (κ1) is 44.5. The highest BCUT2D eigenvalue weighted by molar-refractivity contribution is 9.11. The number of rotatable bonds is 22. The van der Waals surface area contributed by atoms with Gasteiger partial charge in [-0.15, -0.1) is 0 Å². The van der Waals surface area contributed by atoms with Crippen LogP contribution in [-0.2, 0) is 23.7 Å². The number of nitrogens with one attached hydrogen (secondary N) is 1. The van der Waals surface area contributed by atoms with E-state index in [2.05, 4.69) is 79.1 Å². The lowest BCUT2D eigenvalue weighted by molar-refractivity contribution is -0.117. The quantitative estimate of drug-likeness (QED) is 0.0224. The Hall–Kier alpha value is -3.92. The van der Waals surface area contributed by atoms with E-state index in [4.69, 9.17) is 34.0 Å². The number of benzene rings is 3. The molecular formula is C33H30Br4N4O13. The molecule has 0 aromatic heterocycles. The third kappa shape index (κ3) is 14.7. The van der Waals surface area contributed by atoms with Gasteiger partial charge in [0.1, 0.15) is 11.1 Å². The second kappa shape index (κ2) is 23.1. The molecule has 0 atom stereocenters. The van der Waals surface area contributed by atoms with Crippen LogP contribution in [0.5, 0.6) is 11.5 Å². The Morgan fingerprint density at radius 3 is 1.48 bits per heavy atom. The minimum atomic E-state index is -1.39. The molecule has 0 bridgehead atoms. The van der Waals surface area contributed by atoms with Gasteiger partial charge in [0, 0.05) is 26.1 Å². The maximum atomic E-state index is 13.4. The minimum Gasteiger partial charge on any atom is -0.478 e. The minimum absolute atomic E-state index is 0.000623. The van der Waals surface area contributed by atoms with Crippen LogP contribution in [0, 0.1) is 0 Å². The number of hydrogen-bond acceptors (Lipinski definition) is 12. The molecule has 0 fully saturated rings. The molecule has 0 radical (unpaired) electrons. The Bertz CT molecular complexity index is 1810. The number of anilines is 1. The van der Waals surface area contributed by atoms with E-state index < -0.39 is 29.8 Å². The SMILES string of the molecule is [N-]=[N+]=NCCOCCOCCOCCOCCC(=O)Nc1cc(C(=O)Oc2c(Br)cc(Br)cc2C(=O)O)cc(C(=O)Oc2c(Br)cc(Br)cc2C(=O)O)c1. The number of nitrogens with zero attached hydrogens (tertiary/aromatic N) is 3. The first-order valence-corrected chi connectivity index (χ1v) is 18.6. The van der Waals surface area contributed by atoms with Gasteiger partial charge in [-0.2, -0.15) is 0 Å². The van der Waals surface area contributed by atoms with Crippen LogP contribution in [0.4, 0.5) is 5.69 Å².